The monoisotopic (exact) mass is 450 g/mol. The van der Waals surface area contributed by atoms with Crippen LogP contribution in [0.1, 0.15) is 34.7 Å². The van der Waals surface area contributed by atoms with Crippen LogP contribution in [0.15, 0.2) is 72.0 Å². The topological polar surface area (TPSA) is 57.7 Å². The molecule has 0 aromatic heterocycles. The number of hydrogen-bond acceptors (Lipinski definition) is 5. The van der Waals surface area contributed by atoms with Gasteiger partial charge in [0.05, 0.1) is 23.7 Å². The Hall–Kier alpha value is -3.38. The van der Waals surface area contributed by atoms with E-state index >= 15 is 0 Å². The van der Waals surface area contributed by atoms with Gasteiger partial charge in [-0.3, -0.25) is 15.7 Å². The first kappa shape index (κ1) is 25.9. The molecule has 2 aromatic carbocycles. The molecule has 0 saturated heterocycles. The lowest BCUT2D eigenvalue weighted by Crippen LogP contribution is -2.24. The maximum absolute atomic E-state index is 12.4. The number of para-hydroxylation sites is 1. The zero-order chi connectivity index (χ0) is 24.2. The van der Waals surface area contributed by atoms with Crippen molar-refractivity contribution in [1.82, 2.24) is 5.43 Å². The van der Waals surface area contributed by atoms with Crippen LogP contribution in [0, 0.1) is 27.7 Å². The largest absolute Gasteiger partial charge is 0.382 e. The summed E-state index contributed by atoms with van der Waals surface area (Å²) in [5, 5.41) is 7.77. The summed E-state index contributed by atoms with van der Waals surface area (Å²) in [4.78, 5) is 5.89. The second-order valence-electron chi connectivity index (χ2n) is 8.01. The molecule has 33 heavy (non-hydrogen) atoms. The third-order valence-electron chi connectivity index (χ3n) is 4.99. The zero-order valence-electron chi connectivity index (χ0n) is 20.2. The van der Waals surface area contributed by atoms with E-state index in [4.69, 9.17) is 4.84 Å². The average Bonchev–Trinajstić information content (AvgIpc) is 2.76. The van der Waals surface area contributed by atoms with Gasteiger partial charge in [0, 0.05) is 17.8 Å². The minimum absolute atomic E-state index is 0.0828. The van der Waals surface area contributed by atoms with Gasteiger partial charge in [0.1, 0.15) is 6.67 Å². The molecule has 0 bridgehead atoms. The Balaban J connectivity index is 2.01. The van der Waals surface area contributed by atoms with Crippen molar-refractivity contribution in [3.05, 3.63) is 94.7 Å². The first-order valence-electron chi connectivity index (χ1n) is 11.0. The van der Waals surface area contributed by atoms with Gasteiger partial charge in [0.15, 0.2) is 0 Å². The SMILES string of the molecule is C=C/C=C(\C=C/CF)N/N=C\c1cccc(C)c1NCC(C)ONc1c(C)cc(C)cc1C. The maximum atomic E-state index is 12.4. The molecule has 2 rings (SSSR count). The molecular weight excluding hydrogens is 415 g/mol. The number of benzene rings is 2. The smallest absolute Gasteiger partial charge is 0.108 e. The van der Waals surface area contributed by atoms with Gasteiger partial charge in [-0.1, -0.05) is 54.6 Å². The fraction of sp³-hybridized carbons (Fsp3) is 0.296. The lowest BCUT2D eigenvalue weighted by Gasteiger charge is -2.20. The van der Waals surface area contributed by atoms with E-state index in [2.05, 4.69) is 60.8 Å². The van der Waals surface area contributed by atoms with Crippen LogP contribution in [0.2, 0.25) is 0 Å². The van der Waals surface area contributed by atoms with Crippen LogP contribution in [0.4, 0.5) is 15.8 Å². The lowest BCUT2D eigenvalue weighted by atomic mass is 10.1. The summed E-state index contributed by atoms with van der Waals surface area (Å²) in [5.74, 6) is 0. The van der Waals surface area contributed by atoms with Crippen molar-refractivity contribution in [2.45, 2.75) is 40.7 Å². The number of hydrazone groups is 1. The maximum Gasteiger partial charge on any atom is 0.108 e. The van der Waals surface area contributed by atoms with Crippen molar-refractivity contribution in [1.29, 1.82) is 0 Å². The Morgan fingerprint density at radius 1 is 1.12 bits per heavy atom. The molecule has 0 fully saturated rings. The number of nitrogens with zero attached hydrogens (tertiary/aromatic N) is 1. The summed E-state index contributed by atoms with van der Waals surface area (Å²) in [6.07, 6.45) is 8.03. The van der Waals surface area contributed by atoms with Gasteiger partial charge in [-0.25, -0.2) is 4.39 Å². The minimum atomic E-state index is -0.538. The molecule has 176 valence electrons. The molecule has 0 spiro atoms. The van der Waals surface area contributed by atoms with E-state index in [1.807, 2.05) is 32.0 Å². The van der Waals surface area contributed by atoms with E-state index in [-0.39, 0.29) is 6.10 Å². The van der Waals surface area contributed by atoms with Crippen LogP contribution in [0.3, 0.4) is 0 Å². The Morgan fingerprint density at radius 3 is 2.52 bits per heavy atom. The molecule has 0 aliphatic carbocycles. The van der Waals surface area contributed by atoms with Gasteiger partial charge in [-0.15, -0.1) is 0 Å². The summed E-state index contributed by atoms with van der Waals surface area (Å²) < 4.78 is 12.4. The number of allylic oxidation sites excluding steroid dienone is 4. The van der Waals surface area contributed by atoms with Crippen molar-refractivity contribution in [3.8, 4) is 0 Å². The van der Waals surface area contributed by atoms with Crippen LogP contribution in [-0.4, -0.2) is 25.5 Å². The number of aryl methyl sites for hydroxylation is 4. The summed E-state index contributed by atoms with van der Waals surface area (Å²) in [6, 6.07) is 10.3. The number of halogens is 1. The van der Waals surface area contributed by atoms with Gasteiger partial charge in [0.25, 0.3) is 0 Å². The Bertz CT molecular complexity index is 1000. The molecular formula is C27H35FN4O. The molecule has 5 nitrogen and oxygen atoms in total. The molecule has 0 radical (unpaired) electrons. The molecule has 0 aliphatic rings. The number of anilines is 2. The van der Waals surface area contributed by atoms with Crippen molar-refractivity contribution in [3.63, 3.8) is 0 Å². The highest BCUT2D eigenvalue weighted by atomic mass is 19.1. The van der Waals surface area contributed by atoms with Crippen molar-refractivity contribution < 1.29 is 9.23 Å². The first-order chi connectivity index (χ1) is 15.8. The summed E-state index contributed by atoms with van der Waals surface area (Å²) in [7, 11) is 0. The highest BCUT2D eigenvalue weighted by Gasteiger charge is 2.09. The summed E-state index contributed by atoms with van der Waals surface area (Å²) in [6.45, 7) is 14.0. The first-order valence-corrected chi connectivity index (χ1v) is 11.0. The van der Waals surface area contributed by atoms with Crippen molar-refractivity contribution >= 4 is 17.6 Å². The second-order valence-corrected chi connectivity index (χ2v) is 8.01. The van der Waals surface area contributed by atoms with E-state index in [1.54, 1.807) is 24.4 Å². The van der Waals surface area contributed by atoms with Crippen LogP contribution in [-0.2, 0) is 4.84 Å². The Kier molecular flexibility index (Phi) is 10.4. The van der Waals surface area contributed by atoms with Gasteiger partial charge in [-0.2, -0.15) is 5.10 Å². The molecule has 0 amide bonds. The molecule has 6 heteroatoms. The second kappa shape index (κ2) is 13.2. The van der Waals surface area contributed by atoms with E-state index in [0.717, 1.165) is 33.6 Å². The molecule has 3 N–H and O–H groups in total. The predicted molar refractivity (Wildman–Crippen MR) is 139 cm³/mol. The highest BCUT2D eigenvalue weighted by molar-refractivity contribution is 5.88. The van der Waals surface area contributed by atoms with Crippen LogP contribution in [0.5, 0.6) is 0 Å². The van der Waals surface area contributed by atoms with Crippen LogP contribution >= 0.6 is 0 Å². The third kappa shape index (κ3) is 8.24. The van der Waals surface area contributed by atoms with Gasteiger partial charge < -0.3 is 5.32 Å². The molecule has 0 saturated carbocycles. The highest BCUT2D eigenvalue weighted by Crippen LogP contribution is 2.23. The molecule has 2 aromatic rings. The van der Waals surface area contributed by atoms with Crippen molar-refractivity contribution in [2.75, 3.05) is 24.0 Å². The van der Waals surface area contributed by atoms with E-state index < -0.39 is 6.67 Å². The normalized spacial score (nSPS) is 12.8. The van der Waals surface area contributed by atoms with E-state index in [1.165, 1.54) is 11.6 Å². The number of nitrogens with one attached hydrogen (secondary N) is 3. The quantitative estimate of drug-likeness (QED) is 0.202. The van der Waals surface area contributed by atoms with Gasteiger partial charge >= 0.3 is 0 Å². The van der Waals surface area contributed by atoms with E-state index in [9.17, 15) is 4.39 Å². The predicted octanol–water partition coefficient (Wildman–Crippen LogP) is 6.28. The molecule has 0 aliphatic heterocycles. The fourth-order valence-electron chi connectivity index (χ4n) is 3.43. The average molecular weight is 451 g/mol. The molecule has 1 unspecified atom stereocenters. The number of alkyl halides is 1. The van der Waals surface area contributed by atoms with Crippen LogP contribution in [0.25, 0.3) is 0 Å². The number of hydrogen-bond donors (Lipinski definition) is 3. The lowest BCUT2D eigenvalue weighted by molar-refractivity contribution is 0.125. The van der Waals surface area contributed by atoms with Crippen LogP contribution < -0.4 is 16.2 Å². The number of rotatable bonds is 12. The van der Waals surface area contributed by atoms with Crippen molar-refractivity contribution in [2.24, 2.45) is 5.10 Å². The minimum Gasteiger partial charge on any atom is -0.382 e. The Labute approximate surface area is 197 Å². The standard InChI is InChI=1S/C27H35FN4O/c1-7-10-25(13-9-14-28)31-30-18-24-12-8-11-20(3)27(24)29-17-23(6)33-32-26-21(4)15-19(2)16-22(26)5/h7-13,15-16,18,23,29,31-32H,1,14,17H2,2-6H3/b13-9-,25-10+,30-18-. The van der Waals surface area contributed by atoms with Gasteiger partial charge in [-0.05, 0) is 63.5 Å². The van der Waals surface area contributed by atoms with E-state index in [0.29, 0.717) is 12.2 Å². The Morgan fingerprint density at radius 2 is 1.85 bits per heavy atom. The zero-order valence-corrected chi connectivity index (χ0v) is 20.2. The van der Waals surface area contributed by atoms with Gasteiger partial charge in [0.2, 0.25) is 0 Å². The molecule has 0 heterocycles. The fourth-order valence-corrected chi connectivity index (χ4v) is 3.43. The molecule has 1 atom stereocenters. The summed E-state index contributed by atoms with van der Waals surface area (Å²) >= 11 is 0. The third-order valence-corrected chi connectivity index (χ3v) is 4.99. The summed E-state index contributed by atoms with van der Waals surface area (Å²) in [5.41, 5.74) is 14.3.